The number of nitrogens with zero attached hydrogens (tertiary/aromatic N) is 6. The summed E-state index contributed by atoms with van der Waals surface area (Å²) in [4.78, 5) is 43.7. The highest BCUT2D eigenvalue weighted by molar-refractivity contribution is 7.90. The van der Waals surface area contributed by atoms with Gasteiger partial charge in [0.15, 0.2) is 18.1 Å². The highest BCUT2D eigenvalue weighted by atomic mass is 32.2. The Morgan fingerprint density at radius 1 is 1.12 bits per heavy atom. The second-order valence-electron chi connectivity index (χ2n) is 14.4. The average Bonchev–Trinajstić information content (AvgIpc) is 3.78. The van der Waals surface area contributed by atoms with Crippen molar-refractivity contribution in [1.82, 2.24) is 29.3 Å². The van der Waals surface area contributed by atoms with Crippen molar-refractivity contribution >= 4 is 55.9 Å². The van der Waals surface area contributed by atoms with Crippen molar-refractivity contribution in [3.8, 4) is 17.0 Å². The van der Waals surface area contributed by atoms with Gasteiger partial charge in [-0.2, -0.15) is 4.98 Å². The van der Waals surface area contributed by atoms with Crippen LogP contribution in [0.2, 0.25) is 0 Å². The zero-order valence-corrected chi connectivity index (χ0v) is 30.5. The number of fused-ring (bicyclic) bond motifs is 5. The topological polar surface area (TPSA) is 135 Å². The lowest BCUT2D eigenvalue weighted by molar-refractivity contribution is -0.128. The van der Waals surface area contributed by atoms with E-state index in [-0.39, 0.29) is 59.8 Å². The Labute approximate surface area is 298 Å². The Balaban J connectivity index is 1.44. The molecule has 2 saturated heterocycles. The van der Waals surface area contributed by atoms with E-state index in [4.69, 9.17) is 24.2 Å². The molecule has 0 spiro atoms. The molecule has 268 valence electrons. The molecule has 5 aromatic rings. The molecule has 0 N–H and O–H groups in total. The number of pyridine rings is 2. The fourth-order valence-electron chi connectivity index (χ4n) is 7.32. The third-order valence-electron chi connectivity index (χ3n) is 9.60. The van der Waals surface area contributed by atoms with Crippen molar-refractivity contribution in [2.24, 2.45) is 5.92 Å². The normalized spacial score (nSPS) is 19.1. The third kappa shape index (κ3) is 6.23. The van der Waals surface area contributed by atoms with Gasteiger partial charge in [-0.05, 0) is 50.1 Å². The molecule has 5 heterocycles. The summed E-state index contributed by atoms with van der Waals surface area (Å²) in [6, 6.07) is 10.7. The molecule has 12 nitrogen and oxygen atoms in total. The third-order valence-corrected chi connectivity index (χ3v) is 10.4. The number of ether oxygens (including phenoxy) is 3. The smallest absolute Gasteiger partial charge is 0.410 e. The number of hydrogen-bond donors (Lipinski definition) is 0. The summed E-state index contributed by atoms with van der Waals surface area (Å²) in [7, 11) is 4.91. The van der Waals surface area contributed by atoms with Gasteiger partial charge >= 0.3 is 6.09 Å². The molecule has 14 heteroatoms. The Bertz CT molecular complexity index is 2180. The Morgan fingerprint density at radius 3 is 2.59 bits per heavy atom. The quantitative estimate of drug-likeness (QED) is 0.136. The van der Waals surface area contributed by atoms with Gasteiger partial charge in [-0.1, -0.05) is 24.3 Å². The fraction of sp³-hybridized carbons (Fsp3) is 0.432. The molecule has 1 saturated carbocycles. The van der Waals surface area contributed by atoms with Crippen LogP contribution in [0, 0.1) is 11.7 Å². The van der Waals surface area contributed by atoms with Crippen LogP contribution < -0.4 is 4.74 Å². The van der Waals surface area contributed by atoms with Crippen molar-refractivity contribution < 1.29 is 32.7 Å². The lowest BCUT2D eigenvalue weighted by Crippen LogP contribution is -2.44. The largest absolute Gasteiger partial charge is 0.610 e. The zero-order valence-electron chi connectivity index (χ0n) is 29.7. The van der Waals surface area contributed by atoms with Crippen molar-refractivity contribution in [2.45, 2.75) is 62.7 Å². The molecule has 2 amide bonds. The summed E-state index contributed by atoms with van der Waals surface area (Å²) in [6.07, 6.45) is 3.90. The second-order valence-corrected chi connectivity index (χ2v) is 15.7. The molecule has 3 aliphatic rings. The van der Waals surface area contributed by atoms with E-state index < -0.39 is 28.7 Å². The van der Waals surface area contributed by atoms with Crippen LogP contribution in [-0.4, -0.2) is 98.3 Å². The monoisotopic (exact) mass is 716 g/mol. The SMILES string of the molecule is COCOc1cc(-c2ncc3c(nc([S+](C)[O-])c4nc(CCC(=O)N(C)C)n(C5C6CC5N(C(=O)OC(C)(C)C)C6)c43)c2F)c2ccccc2c1. The predicted molar refractivity (Wildman–Crippen MR) is 191 cm³/mol. The summed E-state index contributed by atoms with van der Waals surface area (Å²) in [5.41, 5.74) is 0.786. The van der Waals surface area contributed by atoms with Crippen LogP contribution in [0.4, 0.5) is 9.18 Å². The maximum Gasteiger partial charge on any atom is 0.410 e. The molecular formula is C37H41FN6O6S. The first-order valence-electron chi connectivity index (χ1n) is 16.8. The molecule has 3 fully saturated rings. The number of halogens is 1. The number of methoxy groups -OCH3 is 1. The van der Waals surface area contributed by atoms with E-state index in [1.807, 2.05) is 55.7 Å². The highest BCUT2D eigenvalue weighted by Crippen LogP contribution is 2.52. The first-order chi connectivity index (χ1) is 24.3. The van der Waals surface area contributed by atoms with Gasteiger partial charge in [0.2, 0.25) is 5.91 Å². The molecule has 3 aromatic heterocycles. The molecule has 4 atom stereocenters. The van der Waals surface area contributed by atoms with Gasteiger partial charge in [0.25, 0.3) is 5.03 Å². The first kappa shape index (κ1) is 34.9. The van der Waals surface area contributed by atoms with E-state index in [1.165, 1.54) is 18.3 Å². The standard InChI is InChI=1S/C37H41FN6O6S/c1-37(2,3)50-36(46)43-18-21-15-26(43)33(21)44-27(12-13-28(45)42(4)5)40-32-34(44)25-17-39-30(29(38)31(25)41-35(32)51(7)47)24-16-22(49-19-48-6)14-20-10-8-9-11-23(20)24/h8-11,14,16-17,21,26,33H,12-13,15,18-19H2,1-7H3. The summed E-state index contributed by atoms with van der Waals surface area (Å²) in [6.45, 7) is 6.00. The van der Waals surface area contributed by atoms with E-state index in [0.717, 1.165) is 17.2 Å². The van der Waals surface area contributed by atoms with Crippen molar-refractivity contribution in [3.05, 3.63) is 54.2 Å². The van der Waals surface area contributed by atoms with Gasteiger partial charge < -0.3 is 33.1 Å². The number of benzene rings is 2. The lowest BCUT2D eigenvalue weighted by atomic mass is 9.79. The van der Waals surface area contributed by atoms with Crippen LogP contribution in [0.1, 0.15) is 45.5 Å². The minimum Gasteiger partial charge on any atom is -0.610 e. The van der Waals surface area contributed by atoms with Crippen molar-refractivity contribution in [2.75, 3.05) is 40.8 Å². The van der Waals surface area contributed by atoms with Crippen LogP contribution in [-0.2, 0) is 31.9 Å². The predicted octanol–water partition coefficient (Wildman–Crippen LogP) is 5.86. The van der Waals surface area contributed by atoms with E-state index >= 15 is 4.39 Å². The molecule has 8 rings (SSSR count). The number of aromatic nitrogens is 4. The maximum absolute atomic E-state index is 17.1. The summed E-state index contributed by atoms with van der Waals surface area (Å²) in [5, 5.41) is 2.11. The zero-order chi connectivity index (χ0) is 36.4. The summed E-state index contributed by atoms with van der Waals surface area (Å²) in [5.74, 6) is 0.365. The van der Waals surface area contributed by atoms with Crippen molar-refractivity contribution in [3.63, 3.8) is 0 Å². The molecular weight excluding hydrogens is 676 g/mol. The maximum atomic E-state index is 17.1. The number of carbonyl (C=O) groups excluding carboxylic acids is 2. The Kier molecular flexibility index (Phi) is 9.05. The number of amides is 2. The van der Waals surface area contributed by atoms with Gasteiger partial charge in [-0.15, -0.1) is 0 Å². The number of imidazole rings is 1. The van der Waals surface area contributed by atoms with Gasteiger partial charge in [0.05, 0.1) is 17.6 Å². The van der Waals surface area contributed by atoms with Gasteiger partial charge in [-0.3, -0.25) is 9.78 Å². The molecule has 0 radical (unpaired) electrons. The Morgan fingerprint density at radius 2 is 1.88 bits per heavy atom. The molecule has 1 aliphatic carbocycles. The van der Waals surface area contributed by atoms with E-state index in [2.05, 4.69) is 4.98 Å². The Hall–Kier alpha value is -4.53. The average molecular weight is 717 g/mol. The molecule has 4 unspecified atom stereocenters. The molecule has 2 aromatic carbocycles. The van der Waals surface area contributed by atoms with Crippen LogP contribution in [0.15, 0.2) is 47.6 Å². The molecule has 2 bridgehead atoms. The summed E-state index contributed by atoms with van der Waals surface area (Å²) < 4.78 is 49.0. The van der Waals surface area contributed by atoms with E-state index in [1.54, 1.807) is 31.3 Å². The molecule has 2 aliphatic heterocycles. The lowest BCUT2D eigenvalue weighted by Gasteiger charge is -2.39. The van der Waals surface area contributed by atoms with Gasteiger partial charge in [0.1, 0.15) is 34.6 Å². The molecule has 51 heavy (non-hydrogen) atoms. The number of carbonyl (C=O) groups is 2. The van der Waals surface area contributed by atoms with Crippen LogP contribution in [0.5, 0.6) is 5.75 Å². The highest BCUT2D eigenvalue weighted by Gasteiger charge is 2.56. The second kappa shape index (κ2) is 13.2. The number of rotatable bonds is 9. The minimum atomic E-state index is -1.66. The van der Waals surface area contributed by atoms with Crippen LogP contribution in [0.25, 0.3) is 44.0 Å². The van der Waals surface area contributed by atoms with Crippen LogP contribution in [0.3, 0.4) is 0 Å². The van der Waals surface area contributed by atoms with Gasteiger partial charge in [-0.25, -0.2) is 14.2 Å². The summed E-state index contributed by atoms with van der Waals surface area (Å²) >= 11 is -1.66. The number of aryl methyl sites for hydroxylation is 1. The first-order valence-corrected chi connectivity index (χ1v) is 18.4. The van der Waals surface area contributed by atoms with Crippen LogP contribution >= 0.6 is 0 Å². The van der Waals surface area contributed by atoms with Gasteiger partial charge in [0, 0.05) is 74.8 Å². The van der Waals surface area contributed by atoms with E-state index in [0.29, 0.717) is 40.1 Å². The number of hydrogen-bond acceptors (Lipinski definition) is 9. The van der Waals surface area contributed by atoms with E-state index in [9.17, 15) is 14.1 Å². The fourth-order valence-corrected chi connectivity index (χ4v) is 7.95. The minimum absolute atomic E-state index is 0.00210. The van der Waals surface area contributed by atoms with Crippen molar-refractivity contribution in [1.29, 1.82) is 0 Å².